The van der Waals surface area contributed by atoms with E-state index in [2.05, 4.69) is 10.9 Å². The number of ether oxygens (including phenoxy) is 1. The van der Waals surface area contributed by atoms with E-state index < -0.39 is 0 Å². The van der Waals surface area contributed by atoms with E-state index in [-0.39, 0.29) is 5.75 Å². The van der Waals surface area contributed by atoms with Crippen LogP contribution in [-0.2, 0) is 17.7 Å². The molecule has 1 aliphatic heterocycles. The molecule has 6 heteroatoms. The maximum atomic E-state index is 9.98. The van der Waals surface area contributed by atoms with Crippen molar-refractivity contribution in [3.63, 3.8) is 0 Å². The summed E-state index contributed by atoms with van der Waals surface area (Å²) in [4.78, 5) is 0. The number of hydrogen-bond acceptors (Lipinski definition) is 6. The van der Waals surface area contributed by atoms with E-state index in [1.54, 1.807) is 18.2 Å². The van der Waals surface area contributed by atoms with Gasteiger partial charge < -0.3 is 21.3 Å². The zero-order chi connectivity index (χ0) is 17.6. The molecule has 6 nitrogen and oxygen atoms in total. The fraction of sp³-hybridized carbons (Fsp3) is 0.158. The first kappa shape index (κ1) is 16.7. The van der Waals surface area contributed by atoms with Crippen molar-refractivity contribution in [1.82, 2.24) is 10.9 Å². The van der Waals surface area contributed by atoms with Gasteiger partial charge in [0.15, 0.2) is 11.6 Å². The predicted molar refractivity (Wildman–Crippen MR) is 97.6 cm³/mol. The van der Waals surface area contributed by atoms with Crippen LogP contribution in [0.3, 0.4) is 0 Å². The summed E-state index contributed by atoms with van der Waals surface area (Å²) in [5.41, 5.74) is 21.0. The molecule has 0 unspecified atom stereocenters. The molecule has 0 atom stereocenters. The number of nitrogens with one attached hydrogen (secondary N) is 2. The van der Waals surface area contributed by atoms with Crippen molar-refractivity contribution in [2.45, 2.75) is 13.0 Å². The number of aromatic hydroxyl groups is 1. The van der Waals surface area contributed by atoms with Crippen LogP contribution in [0.1, 0.15) is 16.7 Å². The highest BCUT2D eigenvalue weighted by Crippen LogP contribution is 2.25. The highest BCUT2D eigenvalue weighted by Gasteiger charge is 2.15. The average molecular weight is 338 g/mol. The summed E-state index contributed by atoms with van der Waals surface area (Å²) < 4.78 is 5.82. The minimum Gasteiger partial charge on any atom is -0.507 e. The lowest BCUT2D eigenvalue weighted by Gasteiger charge is -2.22. The van der Waals surface area contributed by atoms with Gasteiger partial charge in [-0.25, -0.2) is 0 Å². The van der Waals surface area contributed by atoms with Crippen molar-refractivity contribution in [1.29, 1.82) is 0 Å². The third-order valence-corrected chi connectivity index (χ3v) is 3.97. The van der Waals surface area contributed by atoms with Gasteiger partial charge in [-0.2, -0.15) is 0 Å². The number of allylic oxidation sites excluding steroid dienone is 1. The number of benzene rings is 2. The van der Waals surface area contributed by atoms with Gasteiger partial charge in [-0.3, -0.25) is 10.9 Å². The van der Waals surface area contributed by atoms with Crippen molar-refractivity contribution in [2.75, 3.05) is 6.61 Å². The highest BCUT2D eigenvalue weighted by atomic mass is 16.5. The smallest absolute Gasteiger partial charge is 0.162 e. The zero-order valence-electron chi connectivity index (χ0n) is 13.8. The summed E-state index contributed by atoms with van der Waals surface area (Å²) in [6, 6.07) is 15.2. The standard InChI is InChI=1S/C19H22N4O2/c20-12-14-7-5-13(6-8-14)9-10-25-18-11-16(22-23-19(18)21)15-3-1-2-4-17(15)24/h1-8,11,22-24H,9-10,12,20-21H2. The Labute approximate surface area is 146 Å². The Kier molecular flexibility index (Phi) is 5.11. The number of phenolic OH excluding ortho intramolecular Hbond substituents is 1. The average Bonchev–Trinajstić information content (AvgIpc) is 2.64. The molecule has 0 saturated carbocycles. The Morgan fingerprint density at radius 3 is 2.40 bits per heavy atom. The molecule has 3 rings (SSSR count). The number of nitrogens with two attached hydrogens (primary N) is 2. The molecular weight excluding hydrogens is 316 g/mol. The maximum Gasteiger partial charge on any atom is 0.162 e. The number of phenols is 1. The molecule has 1 heterocycles. The number of hydrogen-bond donors (Lipinski definition) is 5. The molecular formula is C19H22N4O2. The van der Waals surface area contributed by atoms with Crippen LogP contribution in [0.25, 0.3) is 5.70 Å². The predicted octanol–water partition coefficient (Wildman–Crippen LogP) is 1.69. The van der Waals surface area contributed by atoms with E-state index in [1.165, 1.54) is 5.56 Å². The molecule has 0 saturated heterocycles. The first-order chi connectivity index (χ1) is 12.2. The maximum absolute atomic E-state index is 9.98. The molecule has 0 aliphatic carbocycles. The Morgan fingerprint density at radius 1 is 0.960 bits per heavy atom. The molecule has 7 N–H and O–H groups in total. The lowest BCUT2D eigenvalue weighted by Crippen LogP contribution is -2.37. The number of para-hydroxylation sites is 1. The normalized spacial score (nSPS) is 13.7. The molecule has 0 aromatic heterocycles. The topological polar surface area (TPSA) is 106 Å². The van der Waals surface area contributed by atoms with Gasteiger partial charge in [-0.1, -0.05) is 36.4 Å². The third kappa shape index (κ3) is 4.05. The first-order valence-corrected chi connectivity index (χ1v) is 8.10. The Hall–Kier alpha value is -3.12. The molecule has 1 aliphatic rings. The Morgan fingerprint density at radius 2 is 1.68 bits per heavy atom. The molecule has 25 heavy (non-hydrogen) atoms. The second kappa shape index (κ2) is 7.63. The van der Waals surface area contributed by atoms with Crippen LogP contribution in [0.4, 0.5) is 0 Å². The minimum absolute atomic E-state index is 0.183. The van der Waals surface area contributed by atoms with Crippen LogP contribution >= 0.6 is 0 Å². The van der Waals surface area contributed by atoms with E-state index in [0.29, 0.717) is 36.0 Å². The van der Waals surface area contributed by atoms with E-state index >= 15 is 0 Å². The largest absolute Gasteiger partial charge is 0.507 e. The van der Waals surface area contributed by atoms with Crippen molar-refractivity contribution >= 4 is 5.70 Å². The zero-order valence-corrected chi connectivity index (χ0v) is 13.8. The van der Waals surface area contributed by atoms with Gasteiger partial charge in [0.1, 0.15) is 5.75 Å². The molecule has 0 spiro atoms. The monoisotopic (exact) mass is 338 g/mol. The van der Waals surface area contributed by atoms with Crippen molar-refractivity contribution < 1.29 is 9.84 Å². The van der Waals surface area contributed by atoms with Crippen LogP contribution in [0.5, 0.6) is 5.75 Å². The summed E-state index contributed by atoms with van der Waals surface area (Å²) in [6.07, 6.45) is 2.53. The molecule has 0 bridgehead atoms. The van der Waals surface area contributed by atoms with Gasteiger partial charge in [0, 0.05) is 24.6 Å². The van der Waals surface area contributed by atoms with Crippen molar-refractivity contribution in [2.24, 2.45) is 11.5 Å². The molecule has 0 radical (unpaired) electrons. The summed E-state index contributed by atoms with van der Waals surface area (Å²) in [5.74, 6) is 1.12. The van der Waals surface area contributed by atoms with E-state index in [9.17, 15) is 5.11 Å². The fourth-order valence-electron chi connectivity index (χ4n) is 2.53. The molecule has 2 aromatic rings. The van der Waals surface area contributed by atoms with Crippen LogP contribution in [0, 0.1) is 0 Å². The van der Waals surface area contributed by atoms with Crippen LogP contribution in [-0.4, -0.2) is 11.7 Å². The minimum atomic E-state index is 0.183. The van der Waals surface area contributed by atoms with Gasteiger partial charge in [0.25, 0.3) is 0 Å². The van der Waals surface area contributed by atoms with E-state index in [1.807, 2.05) is 36.4 Å². The molecule has 0 fully saturated rings. The lowest BCUT2D eigenvalue weighted by molar-refractivity contribution is 0.220. The summed E-state index contributed by atoms with van der Waals surface area (Å²) in [7, 11) is 0. The second-order valence-electron chi connectivity index (χ2n) is 5.72. The summed E-state index contributed by atoms with van der Waals surface area (Å²) in [5, 5.41) is 9.98. The SMILES string of the molecule is NCc1ccc(CCOC2=C(N)NNC(c3ccccc3O)=C2)cc1. The number of rotatable bonds is 6. The number of hydrazine groups is 1. The second-order valence-corrected chi connectivity index (χ2v) is 5.72. The highest BCUT2D eigenvalue weighted by molar-refractivity contribution is 5.71. The first-order valence-electron chi connectivity index (χ1n) is 8.10. The van der Waals surface area contributed by atoms with Gasteiger partial charge in [-0.05, 0) is 23.3 Å². The van der Waals surface area contributed by atoms with Crippen molar-refractivity contribution in [3.05, 3.63) is 82.9 Å². The van der Waals surface area contributed by atoms with Gasteiger partial charge in [0.05, 0.1) is 12.3 Å². The lowest BCUT2D eigenvalue weighted by atomic mass is 10.1. The van der Waals surface area contributed by atoms with Gasteiger partial charge in [-0.15, -0.1) is 0 Å². The molecule has 130 valence electrons. The van der Waals surface area contributed by atoms with Crippen LogP contribution < -0.4 is 22.3 Å². The molecule has 2 aromatic carbocycles. The van der Waals surface area contributed by atoms with E-state index in [0.717, 1.165) is 12.0 Å². The van der Waals surface area contributed by atoms with Gasteiger partial charge in [0.2, 0.25) is 0 Å². The quantitative estimate of drug-likeness (QED) is 0.549. The van der Waals surface area contributed by atoms with Crippen LogP contribution in [0.2, 0.25) is 0 Å². The van der Waals surface area contributed by atoms with Crippen molar-refractivity contribution in [3.8, 4) is 5.75 Å². The fourth-order valence-corrected chi connectivity index (χ4v) is 2.53. The van der Waals surface area contributed by atoms with E-state index in [4.69, 9.17) is 16.2 Å². The molecule has 0 amide bonds. The Balaban J connectivity index is 1.65. The Bertz CT molecular complexity index is 797. The van der Waals surface area contributed by atoms with Crippen LogP contribution in [0.15, 0.2) is 66.2 Å². The third-order valence-electron chi connectivity index (χ3n) is 3.97. The summed E-state index contributed by atoms with van der Waals surface area (Å²) >= 11 is 0. The van der Waals surface area contributed by atoms with Gasteiger partial charge >= 0.3 is 0 Å². The summed E-state index contributed by atoms with van der Waals surface area (Å²) in [6.45, 7) is 1.03.